The number of alkyl halides is 6. The molecule has 180 valence electrons. The van der Waals surface area contributed by atoms with Crippen LogP contribution >= 0.6 is 7.14 Å². The Morgan fingerprint density at radius 2 is 1.21 bits per heavy atom. The molecule has 0 bridgehead atoms. The fraction of sp³-hybridized carbons (Fsp3) is 0.391. The van der Waals surface area contributed by atoms with E-state index < -0.39 is 59.3 Å². The molecule has 0 radical (unpaired) electrons. The molecule has 0 aliphatic carbocycles. The maximum absolute atomic E-state index is 13.9. The second kappa shape index (κ2) is 9.09. The van der Waals surface area contributed by atoms with Crippen LogP contribution in [0.5, 0.6) is 0 Å². The Bertz CT molecular complexity index is 1090. The number of hydrogen-bond acceptors (Lipinski definition) is 3. The maximum atomic E-state index is 13.9. The summed E-state index contributed by atoms with van der Waals surface area (Å²) in [7, 11) is -4.94. The third-order valence-electron chi connectivity index (χ3n) is 5.06. The predicted octanol–water partition coefficient (Wildman–Crippen LogP) is 7.65. The van der Waals surface area contributed by atoms with Gasteiger partial charge in [-0.25, -0.2) is 0 Å². The fourth-order valence-corrected chi connectivity index (χ4v) is 6.77. The third-order valence-corrected chi connectivity index (χ3v) is 8.06. The second-order valence-electron chi connectivity index (χ2n) is 8.42. The lowest BCUT2D eigenvalue weighted by molar-refractivity contribution is -0.143. The molecule has 2 aromatic carbocycles. The molecule has 10 heteroatoms. The van der Waals surface area contributed by atoms with Crippen LogP contribution in [0.2, 0.25) is 0 Å². The first-order valence-electron chi connectivity index (χ1n) is 9.95. The molecule has 0 aromatic heterocycles. The van der Waals surface area contributed by atoms with E-state index in [1.807, 2.05) is 0 Å². The molecule has 1 unspecified atom stereocenters. The molecular formula is C23H23F6O3P. The second-order valence-corrected chi connectivity index (χ2v) is 11.1. The van der Waals surface area contributed by atoms with Gasteiger partial charge in [0.1, 0.15) is 0 Å². The van der Waals surface area contributed by atoms with Crippen molar-refractivity contribution >= 4 is 18.2 Å². The van der Waals surface area contributed by atoms with Gasteiger partial charge in [0.2, 0.25) is 18.2 Å². The summed E-state index contributed by atoms with van der Waals surface area (Å²) < 4.78 is 95.7. The number of carbonyl (C=O) groups is 2. The lowest BCUT2D eigenvalue weighted by Gasteiger charge is -2.24. The van der Waals surface area contributed by atoms with Gasteiger partial charge in [0.25, 0.3) is 0 Å². The monoisotopic (exact) mass is 492 g/mol. The van der Waals surface area contributed by atoms with Crippen molar-refractivity contribution in [2.75, 3.05) is 6.16 Å². The first-order chi connectivity index (χ1) is 14.9. The smallest absolute Gasteiger partial charge is 0.307 e. The standard InChI is InChI=1S/C23H23F6O3P/c1-12(2)11-33(32,20(30)18-14(4)9-13(3)10-15(18)5)21(31)19-16(22(24,25)26)7-6-8-17(19)23(27,28)29/h6-10,12H,11H2,1-5H3. The molecule has 2 rings (SSSR count). The largest absolute Gasteiger partial charge is 0.417 e. The Labute approximate surface area is 187 Å². The van der Waals surface area contributed by atoms with Gasteiger partial charge in [-0.05, 0) is 49.9 Å². The Morgan fingerprint density at radius 3 is 1.58 bits per heavy atom. The molecule has 2 aromatic rings. The van der Waals surface area contributed by atoms with Gasteiger partial charge in [-0.15, -0.1) is 0 Å². The highest BCUT2D eigenvalue weighted by Crippen LogP contribution is 2.56. The summed E-state index contributed by atoms with van der Waals surface area (Å²) in [5.41, 5.74) is -7.43. The first-order valence-corrected chi connectivity index (χ1v) is 11.8. The molecule has 3 nitrogen and oxygen atoms in total. The van der Waals surface area contributed by atoms with E-state index in [1.54, 1.807) is 19.1 Å². The van der Waals surface area contributed by atoms with Crippen LogP contribution in [0, 0.1) is 26.7 Å². The quantitative estimate of drug-likeness (QED) is 0.308. The van der Waals surface area contributed by atoms with Gasteiger partial charge in [-0.3, -0.25) is 9.59 Å². The van der Waals surface area contributed by atoms with Crippen LogP contribution in [0.15, 0.2) is 30.3 Å². The molecule has 0 saturated heterocycles. The zero-order chi connectivity index (χ0) is 25.5. The average Bonchev–Trinajstić information content (AvgIpc) is 2.63. The van der Waals surface area contributed by atoms with E-state index in [1.165, 1.54) is 27.7 Å². The summed E-state index contributed by atoms with van der Waals surface area (Å²) in [6, 6.07) is 4.28. The lowest BCUT2D eigenvalue weighted by Crippen LogP contribution is -2.24. The van der Waals surface area contributed by atoms with Crippen molar-refractivity contribution < 1.29 is 40.5 Å². The van der Waals surface area contributed by atoms with Gasteiger partial charge in [0.15, 0.2) is 0 Å². The molecule has 0 spiro atoms. The Kier molecular flexibility index (Phi) is 7.39. The van der Waals surface area contributed by atoms with Gasteiger partial charge in [-0.2, -0.15) is 26.3 Å². The van der Waals surface area contributed by atoms with Crippen LogP contribution < -0.4 is 0 Å². The van der Waals surface area contributed by atoms with E-state index in [-0.39, 0.29) is 5.56 Å². The van der Waals surface area contributed by atoms with Crippen LogP contribution in [-0.4, -0.2) is 17.2 Å². The molecular weight excluding hydrogens is 469 g/mol. The maximum Gasteiger partial charge on any atom is 0.417 e. The third kappa shape index (κ3) is 5.40. The average molecular weight is 492 g/mol. The molecule has 0 aliphatic rings. The molecule has 0 amide bonds. The molecule has 0 heterocycles. The highest BCUT2D eigenvalue weighted by molar-refractivity contribution is 7.95. The topological polar surface area (TPSA) is 51.2 Å². The molecule has 0 saturated carbocycles. The van der Waals surface area contributed by atoms with Crippen LogP contribution in [0.1, 0.15) is 62.4 Å². The van der Waals surface area contributed by atoms with E-state index in [9.17, 15) is 40.5 Å². The lowest BCUT2D eigenvalue weighted by atomic mass is 10.0. The van der Waals surface area contributed by atoms with Crippen LogP contribution in [0.4, 0.5) is 26.3 Å². The van der Waals surface area contributed by atoms with E-state index in [0.29, 0.717) is 29.3 Å². The minimum atomic E-state index is -5.34. The van der Waals surface area contributed by atoms with Gasteiger partial charge >= 0.3 is 12.4 Å². The van der Waals surface area contributed by atoms with E-state index >= 15 is 0 Å². The van der Waals surface area contributed by atoms with Gasteiger partial charge in [0, 0.05) is 11.7 Å². The molecule has 0 N–H and O–H groups in total. The Hall–Kier alpha value is -2.41. The van der Waals surface area contributed by atoms with Gasteiger partial charge in [-0.1, -0.05) is 37.6 Å². The Morgan fingerprint density at radius 1 is 0.818 bits per heavy atom. The van der Waals surface area contributed by atoms with Crippen LogP contribution in [-0.2, 0) is 16.9 Å². The zero-order valence-corrected chi connectivity index (χ0v) is 19.5. The Balaban J connectivity index is 2.90. The number of rotatable bonds is 6. The number of carbonyl (C=O) groups excluding carboxylic acids is 2. The minimum Gasteiger partial charge on any atom is -0.307 e. The summed E-state index contributed by atoms with van der Waals surface area (Å²) in [6.07, 6.45) is -11.3. The van der Waals surface area contributed by atoms with E-state index in [4.69, 9.17) is 0 Å². The highest BCUT2D eigenvalue weighted by atomic mass is 31.2. The summed E-state index contributed by atoms with van der Waals surface area (Å²) in [6.45, 7) is 7.68. The van der Waals surface area contributed by atoms with Crippen molar-refractivity contribution in [2.45, 2.75) is 47.0 Å². The summed E-state index contributed by atoms with van der Waals surface area (Å²) in [5, 5.41) is 0. The molecule has 33 heavy (non-hydrogen) atoms. The van der Waals surface area contributed by atoms with Crippen molar-refractivity contribution in [1.29, 1.82) is 0 Å². The SMILES string of the molecule is Cc1cc(C)c(C(=O)P(=O)(CC(C)C)C(=O)c2c(C(F)(F)F)cccc2C(F)(F)F)c(C)c1. The number of aryl methyl sites for hydroxylation is 3. The van der Waals surface area contributed by atoms with Gasteiger partial charge in [0.05, 0.1) is 16.7 Å². The van der Waals surface area contributed by atoms with E-state index in [2.05, 4.69) is 0 Å². The number of halogens is 6. The van der Waals surface area contributed by atoms with Crippen molar-refractivity contribution in [1.82, 2.24) is 0 Å². The van der Waals surface area contributed by atoms with Gasteiger partial charge < -0.3 is 4.57 Å². The van der Waals surface area contributed by atoms with Crippen LogP contribution in [0.3, 0.4) is 0 Å². The summed E-state index contributed by atoms with van der Waals surface area (Å²) in [4.78, 5) is 26.8. The van der Waals surface area contributed by atoms with Crippen molar-refractivity contribution in [3.63, 3.8) is 0 Å². The molecule has 0 fully saturated rings. The van der Waals surface area contributed by atoms with Crippen molar-refractivity contribution in [3.05, 3.63) is 69.3 Å². The molecule has 0 aliphatic heterocycles. The molecule has 1 atom stereocenters. The normalized spacial score (nSPS) is 14.3. The van der Waals surface area contributed by atoms with Crippen LogP contribution in [0.25, 0.3) is 0 Å². The number of hydrogen-bond donors (Lipinski definition) is 0. The minimum absolute atomic E-state index is 0.129. The van der Waals surface area contributed by atoms with E-state index in [0.717, 1.165) is 5.56 Å². The zero-order valence-electron chi connectivity index (χ0n) is 18.6. The summed E-state index contributed by atoms with van der Waals surface area (Å²) in [5.74, 6) is -0.623. The predicted molar refractivity (Wildman–Crippen MR) is 113 cm³/mol. The summed E-state index contributed by atoms with van der Waals surface area (Å²) >= 11 is 0. The first kappa shape index (κ1) is 26.8. The van der Waals surface area contributed by atoms with Crippen molar-refractivity contribution in [3.8, 4) is 0 Å². The van der Waals surface area contributed by atoms with Crippen molar-refractivity contribution in [2.24, 2.45) is 5.92 Å². The fourth-order valence-electron chi connectivity index (χ4n) is 3.91. The number of benzene rings is 2. The highest BCUT2D eigenvalue weighted by Gasteiger charge is 2.50.